The smallest absolute Gasteiger partial charge is 0.337 e. The fourth-order valence-electron chi connectivity index (χ4n) is 2.00. The Hall–Kier alpha value is -1.50. The van der Waals surface area contributed by atoms with E-state index in [9.17, 15) is 27.1 Å². The van der Waals surface area contributed by atoms with Gasteiger partial charge in [-0.1, -0.05) is 11.6 Å². The van der Waals surface area contributed by atoms with Gasteiger partial charge in [-0.3, -0.25) is 0 Å². The van der Waals surface area contributed by atoms with Crippen molar-refractivity contribution in [2.45, 2.75) is 4.90 Å². The minimum Gasteiger partial charge on any atom is -0.478 e. The number of carbonyl (C=O) groups is 1. The van der Waals surface area contributed by atoms with E-state index in [0.717, 1.165) is 17.7 Å². The molecule has 0 amide bonds. The second-order valence-corrected chi connectivity index (χ2v) is 9.04. The third-order valence-electron chi connectivity index (χ3n) is 3.35. The van der Waals surface area contributed by atoms with Crippen LogP contribution in [0.25, 0.3) is 0 Å². The van der Waals surface area contributed by atoms with Crippen LogP contribution in [0, 0.1) is 15.2 Å². The number of nitrogens with zero attached hydrogens (tertiary/aromatic N) is 1. The zero-order valence-electron chi connectivity index (χ0n) is 13.3. The first-order chi connectivity index (χ1) is 12.0. The second-order valence-electron chi connectivity index (χ2n) is 5.27. The molecule has 26 heavy (non-hydrogen) atoms. The molecule has 6 nitrogen and oxygen atoms in total. The Morgan fingerprint density at radius 1 is 1.23 bits per heavy atom. The molecule has 0 atom stereocenters. The van der Waals surface area contributed by atoms with Crippen LogP contribution in [-0.2, 0) is 10.0 Å². The van der Waals surface area contributed by atoms with Crippen molar-refractivity contribution in [3.8, 4) is 0 Å². The zero-order valence-corrected chi connectivity index (χ0v) is 17.1. The maximum absolute atomic E-state index is 14.5. The van der Waals surface area contributed by atoms with Gasteiger partial charge in [-0.2, -0.15) is 0 Å². The number of hydrogen-bond acceptors (Lipinski definition) is 4. The summed E-state index contributed by atoms with van der Waals surface area (Å²) in [4.78, 5) is 10.4. The molecule has 0 aliphatic carbocycles. The number of anilines is 2. The summed E-state index contributed by atoms with van der Waals surface area (Å²) in [7, 11) is -2.16. The molecule has 0 aliphatic heterocycles. The third kappa shape index (κ3) is 3.92. The van der Waals surface area contributed by atoms with E-state index in [1.165, 1.54) is 12.1 Å². The summed E-state index contributed by atoms with van der Waals surface area (Å²) in [6.45, 7) is 0. The van der Waals surface area contributed by atoms with Crippen molar-refractivity contribution in [2.75, 3.05) is 19.4 Å². The Morgan fingerprint density at radius 2 is 1.85 bits per heavy atom. The van der Waals surface area contributed by atoms with Gasteiger partial charge in [-0.05, 0) is 46.9 Å². The lowest BCUT2D eigenvalue weighted by atomic mass is 10.1. The zero-order chi connectivity index (χ0) is 19.8. The average molecular weight is 517 g/mol. The maximum Gasteiger partial charge on any atom is 0.337 e. The van der Waals surface area contributed by atoms with Crippen LogP contribution < -0.4 is 5.32 Å². The molecule has 140 valence electrons. The molecule has 0 unspecified atom stereocenters. The number of aromatic carboxylic acids is 1. The molecular formula is C15H12ClF2IN2O4S. The number of carboxylic acids is 1. The second kappa shape index (κ2) is 7.62. The first-order valence-electron chi connectivity index (χ1n) is 6.86. The van der Waals surface area contributed by atoms with Gasteiger partial charge in [-0.25, -0.2) is 26.3 Å². The summed E-state index contributed by atoms with van der Waals surface area (Å²) in [5.41, 5.74) is -1.34. The van der Waals surface area contributed by atoms with Crippen LogP contribution >= 0.6 is 34.2 Å². The highest BCUT2D eigenvalue weighted by Gasteiger charge is 2.30. The molecular weight excluding hydrogens is 505 g/mol. The maximum atomic E-state index is 14.5. The minimum absolute atomic E-state index is 0.135. The van der Waals surface area contributed by atoms with Gasteiger partial charge < -0.3 is 10.4 Å². The van der Waals surface area contributed by atoms with Crippen molar-refractivity contribution in [3.63, 3.8) is 0 Å². The summed E-state index contributed by atoms with van der Waals surface area (Å²) < 4.78 is 54.6. The molecule has 11 heteroatoms. The largest absolute Gasteiger partial charge is 0.478 e. The van der Waals surface area contributed by atoms with Crippen molar-refractivity contribution in [1.82, 2.24) is 4.31 Å². The van der Waals surface area contributed by atoms with E-state index in [-0.39, 0.29) is 10.7 Å². The lowest BCUT2D eigenvalue weighted by Crippen LogP contribution is -2.24. The summed E-state index contributed by atoms with van der Waals surface area (Å²) in [5.74, 6) is -4.96. The Bertz CT molecular complexity index is 1000. The summed E-state index contributed by atoms with van der Waals surface area (Å²) in [5, 5.41) is 11.9. The molecule has 2 aromatic carbocycles. The van der Waals surface area contributed by atoms with E-state index in [1.54, 1.807) is 6.07 Å². The van der Waals surface area contributed by atoms with E-state index < -0.39 is 43.8 Å². The quantitative estimate of drug-likeness (QED) is 0.589. The van der Waals surface area contributed by atoms with E-state index >= 15 is 0 Å². The monoisotopic (exact) mass is 516 g/mol. The van der Waals surface area contributed by atoms with E-state index in [0.29, 0.717) is 10.4 Å². The fraction of sp³-hybridized carbons (Fsp3) is 0.133. The van der Waals surface area contributed by atoms with Gasteiger partial charge >= 0.3 is 5.97 Å². The summed E-state index contributed by atoms with van der Waals surface area (Å²) in [6, 6.07) is 5.18. The molecule has 2 N–H and O–H groups in total. The van der Waals surface area contributed by atoms with Gasteiger partial charge in [0.1, 0.15) is 4.90 Å². The lowest BCUT2D eigenvalue weighted by Gasteiger charge is -2.17. The SMILES string of the molecule is CN(C)S(=O)(=O)c1cc(C(=O)O)c(Nc2ccc(I)cc2Cl)c(F)c1F. The van der Waals surface area contributed by atoms with Crippen molar-refractivity contribution in [2.24, 2.45) is 0 Å². The van der Waals surface area contributed by atoms with Gasteiger partial charge in [0, 0.05) is 17.7 Å². The first kappa shape index (κ1) is 20.8. The predicted octanol–water partition coefficient (Wildman–Crippen LogP) is 3.91. The molecule has 0 aromatic heterocycles. The van der Waals surface area contributed by atoms with Crippen LogP contribution in [0.3, 0.4) is 0 Å². The lowest BCUT2D eigenvalue weighted by molar-refractivity contribution is 0.0697. The average Bonchev–Trinajstić information content (AvgIpc) is 2.53. The van der Waals surface area contributed by atoms with Crippen LogP contribution in [0.4, 0.5) is 20.2 Å². The van der Waals surface area contributed by atoms with Crippen LogP contribution in [0.15, 0.2) is 29.2 Å². The fourth-order valence-corrected chi connectivity index (χ4v) is 3.88. The Balaban J connectivity index is 2.71. The molecule has 0 heterocycles. The topological polar surface area (TPSA) is 86.7 Å². The minimum atomic E-state index is -4.39. The van der Waals surface area contributed by atoms with Crippen LogP contribution in [0.2, 0.25) is 5.02 Å². The van der Waals surface area contributed by atoms with Crippen molar-refractivity contribution in [1.29, 1.82) is 0 Å². The highest BCUT2D eigenvalue weighted by Crippen LogP contribution is 2.34. The normalized spacial score (nSPS) is 11.7. The Kier molecular flexibility index (Phi) is 6.10. The van der Waals surface area contributed by atoms with Crippen LogP contribution in [-0.4, -0.2) is 37.9 Å². The molecule has 0 aliphatic rings. The Morgan fingerprint density at radius 3 is 2.35 bits per heavy atom. The van der Waals surface area contributed by atoms with Gasteiger partial charge in [0.15, 0.2) is 11.6 Å². The van der Waals surface area contributed by atoms with Crippen LogP contribution in [0.1, 0.15) is 10.4 Å². The predicted molar refractivity (Wildman–Crippen MR) is 102 cm³/mol. The number of benzene rings is 2. The first-order valence-corrected chi connectivity index (χ1v) is 9.76. The highest BCUT2D eigenvalue weighted by molar-refractivity contribution is 14.1. The highest BCUT2D eigenvalue weighted by atomic mass is 127. The van der Waals surface area contributed by atoms with E-state index in [4.69, 9.17) is 11.6 Å². The Labute approximate surface area is 167 Å². The molecule has 2 rings (SSSR count). The van der Waals surface area contributed by atoms with Crippen molar-refractivity contribution in [3.05, 3.63) is 50.1 Å². The van der Waals surface area contributed by atoms with E-state index in [2.05, 4.69) is 5.32 Å². The van der Waals surface area contributed by atoms with Gasteiger partial charge in [-0.15, -0.1) is 0 Å². The van der Waals surface area contributed by atoms with E-state index in [1.807, 2.05) is 22.6 Å². The number of halogens is 4. The van der Waals surface area contributed by atoms with Gasteiger partial charge in [0.2, 0.25) is 10.0 Å². The molecule has 2 aromatic rings. The number of nitrogens with one attached hydrogen (secondary N) is 1. The third-order valence-corrected chi connectivity index (χ3v) is 6.15. The summed E-state index contributed by atoms with van der Waals surface area (Å²) in [6.07, 6.45) is 0. The van der Waals surface area contributed by atoms with Crippen LogP contribution in [0.5, 0.6) is 0 Å². The molecule has 0 spiro atoms. The molecule has 0 saturated carbocycles. The molecule has 0 radical (unpaired) electrons. The van der Waals surface area contributed by atoms with Gasteiger partial charge in [0.25, 0.3) is 0 Å². The number of sulfonamides is 1. The van der Waals surface area contributed by atoms with Crippen molar-refractivity contribution >= 4 is 61.6 Å². The number of rotatable bonds is 5. The number of carboxylic acid groups (broad SMARTS) is 1. The standard InChI is InChI=1S/C15H12ClF2IN2O4S/c1-21(2)26(24,25)11-6-8(15(22)23)14(13(18)12(11)17)20-10-4-3-7(19)5-9(10)16/h3-6,20H,1-2H3,(H,22,23). The van der Waals surface area contributed by atoms with Crippen molar-refractivity contribution < 1.29 is 27.1 Å². The summed E-state index contributed by atoms with van der Waals surface area (Å²) >= 11 is 8.01. The molecule has 0 fully saturated rings. The molecule has 0 saturated heterocycles. The number of hydrogen-bond donors (Lipinski definition) is 2. The van der Waals surface area contributed by atoms with Gasteiger partial charge in [0.05, 0.1) is 22.0 Å². The molecule has 0 bridgehead atoms.